The molecule has 0 fully saturated rings. The maximum atomic E-state index is 10.8. The topological polar surface area (TPSA) is 98.3 Å². The molecule has 19 heavy (non-hydrogen) atoms. The molecule has 1 aromatic rings. The Morgan fingerprint density at radius 1 is 1.53 bits per heavy atom. The van der Waals surface area contributed by atoms with Gasteiger partial charge >= 0.3 is 0 Å². The number of hydrogen-bond donors (Lipinski definition) is 2. The molecular formula is C13H17N3O3. The van der Waals surface area contributed by atoms with Crippen LogP contribution < -0.4 is 11.1 Å². The number of anilines is 1. The van der Waals surface area contributed by atoms with Crippen molar-refractivity contribution in [2.24, 2.45) is 0 Å². The number of nitrogens with two attached hydrogens (primary N) is 1. The van der Waals surface area contributed by atoms with E-state index in [9.17, 15) is 14.9 Å². The zero-order valence-corrected chi connectivity index (χ0v) is 11.0. The molecule has 0 radical (unpaired) electrons. The van der Waals surface area contributed by atoms with Gasteiger partial charge in [-0.3, -0.25) is 14.9 Å². The summed E-state index contributed by atoms with van der Waals surface area (Å²) in [7, 11) is 0. The van der Waals surface area contributed by atoms with Gasteiger partial charge < -0.3 is 11.1 Å². The first-order valence-corrected chi connectivity index (χ1v) is 5.87. The average molecular weight is 263 g/mol. The molecule has 0 aromatic heterocycles. The molecule has 6 heteroatoms. The lowest BCUT2D eigenvalue weighted by atomic mass is 10.1. The first kappa shape index (κ1) is 14.7. The van der Waals surface area contributed by atoms with Crippen molar-refractivity contribution in [2.75, 3.05) is 12.3 Å². The van der Waals surface area contributed by atoms with E-state index in [0.29, 0.717) is 18.5 Å². The molecule has 0 unspecified atom stereocenters. The zero-order chi connectivity index (χ0) is 14.4. The van der Waals surface area contributed by atoms with Crippen LogP contribution in [0.15, 0.2) is 18.2 Å². The minimum Gasteiger partial charge on any atom is -0.393 e. The summed E-state index contributed by atoms with van der Waals surface area (Å²) in [4.78, 5) is 21.0. The molecule has 102 valence electrons. The molecule has 0 saturated carbocycles. The summed E-state index contributed by atoms with van der Waals surface area (Å²) in [5, 5.41) is 13.5. The summed E-state index contributed by atoms with van der Waals surface area (Å²) in [6, 6.07) is 3.24. The fraction of sp³-hybridized carbons (Fsp3) is 0.308. The highest BCUT2D eigenvalue weighted by Crippen LogP contribution is 2.27. The van der Waals surface area contributed by atoms with E-state index in [0.717, 1.165) is 5.56 Å². The first-order chi connectivity index (χ1) is 8.91. The third-order valence-corrected chi connectivity index (χ3v) is 2.51. The second kappa shape index (κ2) is 6.53. The molecule has 0 aliphatic carbocycles. The molecule has 0 saturated heterocycles. The van der Waals surface area contributed by atoms with Gasteiger partial charge in [0.15, 0.2) is 0 Å². The smallest absolute Gasteiger partial charge is 0.292 e. The lowest BCUT2D eigenvalue weighted by molar-refractivity contribution is -0.383. The minimum atomic E-state index is -0.489. The molecule has 0 spiro atoms. The van der Waals surface area contributed by atoms with E-state index in [2.05, 4.69) is 5.32 Å². The summed E-state index contributed by atoms with van der Waals surface area (Å²) >= 11 is 0. The second-order valence-electron chi connectivity index (χ2n) is 4.22. The molecule has 3 N–H and O–H groups in total. The van der Waals surface area contributed by atoms with E-state index >= 15 is 0 Å². The van der Waals surface area contributed by atoms with Crippen LogP contribution in [0.3, 0.4) is 0 Å². The van der Waals surface area contributed by atoms with Crippen molar-refractivity contribution < 1.29 is 9.72 Å². The van der Waals surface area contributed by atoms with Gasteiger partial charge in [-0.2, -0.15) is 0 Å². The summed E-state index contributed by atoms with van der Waals surface area (Å²) in [5.74, 6) is -0.0842. The SMILES string of the molecule is CC(=O)NCCC=Cc1cc(C)cc([N+](=O)[O-])c1N. The first-order valence-electron chi connectivity index (χ1n) is 5.87. The van der Waals surface area contributed by atoms with Crippen molar-refractivity contribution in [3.05, 3.63) is 39.4 Å². The van der Waals surface area contributed by atoms with Crippen LogP contribution in [-0.2, 0) is 4.79 Å². The van der Waals surface area contributed by atoms with Crippen LogP contribution in [-0.4, -0.2) is 17.4 Å². The van der Waals surface area contributed by atoms with Gasteiger partial charge in [0.2, 0.25) is 5.91 Å². The third kappa shape index (κ3) is 4.42. The fourth-order valence-corrected chi connectivity index (χ4v) is 1.64. The second-order valence-corrected chi connectivity index (χ2v) is 4.22. The standard InChI is InChI=1S/C13H17N3O3/c1-9-7-11(5-3-4-6-15-10(2)17)13(14)12(8-9)16(18)19/h3,5,7-8H,4,6,14H2,1-2H3,(H,15,17). The largest absolute Gasteiger partial charge is 0.393 e. The predicted molar refractivity (Wildman–Crippen MR) is 74.6 cm³/mol. The Bertz CT molecular complexity index is 524. The van der Waals surface area contributed by atoms with Crippen LogP contribution in [0.4, 0.5) is 11.4 Å². The van der Waals surface area contributed by atoms with E-state index in [-0.39, 0.29) is 17.3 Å². The lowest BCUT2D eigenvalue weighted by Crippen LogP contribution is -2.20. The molecular weight excluding hydrogens is 246 g/mol. The molecule has 1 aromatic carbocycles. The van der Waals surface area contributed by atoms with Crippen molar-refractivity contribution in [2.45, 2.75) is 20.3 Å². The summed E-state index contributed by atoms with van der Waals surface area (Å²) in [5.41, 5.74) is 7.23. The van der Waals surface area contributed by atoms with Gasteiger partial charge in [0, 0.05) is 25.1 Å². The van der Waals surface area contributed by atoms with Crippen LogP contribution in [0.5, 0.6) is 0 Å². The highest BCUT2D eigenvalue weighted by molar-refractivity contribution is 5.74. The number of aryl methyl sites for hydroxylation is 1. The molecule has 6 nitrogen and oxygen atoms in total. The Morgan fingerprint density at radius 2 is 2.21 bits per heavy atom. The van der Waals surface area contributed by atoms with E-state index < -0.39 is 4.92 Å². The molecule has 0 heterocycles. The monoisotopic (exact) mass is 263 g/mol. The number of carbonyl (C=O) groups is 1. The van der Waals surface area contributed by atoms with Gasteiger partial charge in [0.05, 0.1) is 4.92 Å². The van der Waals surface area contributed by atoms with Crippen LogP contribution in [0, 0.1) is 17.0 Å². The number of nitro benzene ring substituents is 1. The van der Waals surface area contributed by atoms with Gasteiger partial charge in [0.1, 0.15) is 5.69 Å². The number of hydrogen-bond acceptors (Lipinski definition) is 4. The number of nitrogens with zero attached hydrogens (tertiary/aromatic N) is 1. The van der Waals surface area contributed by atoms with Gasteiger partial charge in [-0.1, -0.05) is 12.2 Å². The lowest BCUT2D eigenvalue weighted by Gasteiger charge is -2.04. The van der Waals surface area contributed by atoms with Crippen molar-refractivity contribution in [1.29, 1.82) is 0 Å². The Hall–Kier alpha value is -2.37. The van der Waals surface area contributed by atoms with Crippen LogP contribution in [0.25, 0.3) is 6.08 Å². The third-order valence-electron chi connectivity index (χ3n) is 2.51. The molecule has 0 aliphatic heterocycles. The average Bonchev–Trinajstić information content (AvgIpc) is 2.31. The van der Waals surface area contributed by atoms with E-state index in [1.54, 1.807) is 19.1 Å². The fourth-order valence-electron chi connectivity index (χ4n) is 1.64. The van der Waals surface area contributed by atoms with Crippen LogP contribution in [0.2, 0.25) is 0 Å². The van der Waals surface area contributed by atoms with Crippen molar-refractivity contribution >= 4 is 23.4 Å². The minimum absolute atomic E-state index is 0.0819. The summed E-state index contributed by atoms with van der Waals surface area (Å²) < 4.78 is 0. The Balaban J connectivity index is 2.80. The molecule has 0 atom stereocenters. The van der Waals surface area contributed by atoms with Gasteiger partial charge in [-0.05, 0) is 25.0 Å². The number of nitro groups is 1. The van der Waals surface area contributed by atoms with Crippen LogP contribution >= 0.6 is 0 Å². The number of carbonyl (C=O) groups excluding carboxylic acids is 1. The van der Waals surface area contributed by atoms with Crippen molar-refractivity contribution in [1.82, 2.24) is 5.32 Å². The number of nitrogens with one attached hydrogen (secondary N) is 1. The van der Waals surface area contributed by atoms with E-state index in [4.69, 9.17) is 5.73 Å². The van der Waals surface area contributed by atoms with Crippen LogP contribution in [0.1, 0.15) is 24.5 Å². The van der Waals surface area contributed by atoms with Gasteiger partial charge in [-0.15, -0.1) is 0 Å². The number of amides is 1. The van der Waals surface area contributed by atoms with Crippen molar-refractivity contribution in [3.63, 3.8) is 0 Å². The van der Waals surface area contributed by atoms with Crippen molar-refractivity contribution in [3.8, 4) is 0 Å². The molecule has 0 aliphatic rings. The van der Waals surface area contributed by atoms with E-state index in [1.165, 1.54) is 13.0 Å². The molecule has 0 bridgehead atoms. The number of benzene rings is 1. The summed E-state index contributed by atoms with van der Waals surface area (Å²) in [6.45, 7) is 3.76. The maximum Gasteiger partial charge on any atom is 0.292 e. The number of nitrogen functional groups attached to an aromatic ring is 1. The highest BCUT2D eigenvalue weighted by atomic mass is 16.6. The Kier molecular flexibility index (Phi) is 5.05. The van der Waals surface area contributed by atoms with Gasteiger partial charge in [0.25, 0.3) is 5.69 Å². The normalized spacial score (nSPS) is 10.6. The summed E-state index contributed by atoms with van der Waals surface area (Å²) in [6.07, 6.45) is 4.20. The maximum absolute atomic E-state index is 10.8. The highest BCUT2D eigenvalue weighted by Gasteiger charge is 2.14. The van der Waals surface area contributed by atoms with Gasteiger partial charge in [-0.25, -0.2) is 0 Å². The van der Waals surface area contributed by atoms with E-state index in [1.807, 2.05) is 6.08 Å². The number of rotatable bonds is 5. The molecule has 1 rings (SSSR count). The Labute approximate surface area is 111 Å². The quantitative estimate of drug-likeness (QED) is 0.367. The Morgan fingerprint density at radius 3 is 2.79 bits per heavy atom. The predicted octanol–water partition coefficient (Wildman–Crippen LogP) is 2.02. The molecule has 1 amide bonds. The zero-order valence-electron chi connectivity index (χ0n) is 11.0.